The number of piperidine rings is 1. The molecule has 0 spiro atoms. The molecule has 3 rings (SSSR count). The van der Waals surface area contributed by atoms with Crippen molar-refractivity contribution in [2.24, 2.45) is 0 Å². The van der Waals surface area contributed by atoms with Crippen molar-refractivity contribution >= 4 is 0 Å². The second kappa shape index (κ2) is 6.06. The van der Waals surface area contributed by atoms with Crippen LogP contribution in [0.5, 0.6) is 5.75 Å². The first-order valence-corrected chi connectivity index (χ1v) is 7.11. The number of rotatable bonds is 5. The second-order valence-electron chi connectivity index (χ2n) is 5.53. The molecular weight excluding hydrogens is 264 g/mol. The van der Waals surface area contributed by atoms with Crippen molar-refractivity contribution in [1.82, 2.24) is 5.32 Å². The van der Waals surface area contributed by atoms with E-state index in [0.29, 0.717) is 24.3 Å². The van der Waals surface area contributed by atoms with Gasteiger partial charge in [-0.05, 0) is 31.7 Å². The van der Waals surface area contributed by atoms with E-state index < -0.39 is 6.61 Å². The lowest BCUT2D eigenvalue weighted by Crippen LogP contribution is -2.41. The van der Waals surface area contributed by atoms with Crippen LogP contribution in [0.15, 0.2) is 24.3 Å². The van der Waals surface area contributed by atoms with Crippen molar-refractivity contribution in [3.63, 3.8) is 0 Å². The van der Waals surface area contributed by atoms with Gasteiger partial charge in [-0.25, -0.2) is 0 Å². The first-order chi connectivity index (χ1) is 9.70. The molecule has 0 amide bonds. The Morgan fingerprint density at radius 1 is 1.15 bits per heavy atom. The zero-order valence-corrected chi connectivity index (χ0v) is 11.2. The van der Waals surface area contributed by atoms with Crippen LogP contribution in [0, 0.1) is 0 Å². The van der Waals surface area contributed by atoms with Gasteiger partial charge in [-0.15, -0.1) is 0 Å². The van der Waals surface area contributed by atoms with Crippen LogP contribution in [-0.2, 0) is 11.3 Å². The van der Waals surface area contributed by atoms with Crippen LogP contribution in [0.25, 0.3) is 0 Å². The molecule has 20 heavy (non-hydrogen) atoms. The lowest BCUT2D eigenvalue weighted by atomic mass is 10.0. The van der Waals surface area contributed by atoms with Crippen LogP contribution < -0.4 is 10.1 Å². The molecular formula is C15H19F2NO2. The van der Waals surface area contributed by atoms with Crippen LogP contribution in [-0.4, -0.2) is 24.8 Å². The van der Waals surface area contributed by atoms with Crippen LogP contribution in [0.3, 0.4) is 0 Å². The number of hydrogen-bond donors (Lipinski definition) is 1. The highest BCUT2D eigenvalue weighted by atomic mass is 19.3. The van der Waals surface area contributed by atoms with Crippen LogP contribution >= 0.6 is 0 Å². The Hall–Kier alpha value is -1.20. The maximum atomic E-state index is 12.3. The molecule has 2 bridgehead atoms. The van der Waals surface area contributed by atoms with Gasteiger partial charge in [0.25, 0.3) is 0 Å². The van der Waals surface area contributed by atoms with E-state index in [0.717, 1.165) is 12.8 Å². The summed E-state index contributed by atoms with van der Waals surface area (Å²) < 4.78 is 35.1. The predicted molar refractivity (Wildman–Crippen MR) is 70.8 cm³/mol. The maximum absolute atomic E-state index is 12.3. The Balaban J connectivity index is 1.58. The molecule has 5 heteroatoms. The molecule has 0 radical (unpaired) electrons. The van der Waals surface area contributed by atoms with Crippen LogP contribution in [0.1, 0.15) is 31.2 Å². The SMILES string of the molecule is FC(F)Oc1ccccc1COC1C[C@H]2CC[C@@H](C1)N2. The highest BCUT2D eigenvalue weighted by molar-refractivity contribution is 5.32. The van der Waals surface area contributed by atoms with E-state index in [4.69, 9.17) is 4.74 Å². The third-order valence-electron chi connectivity index (χ3n) is 4.09. The molecule has 3 atom stereocenters. The Morgan fingerprint density at radius 2 is 1.85 bits per heavy atom. The minimum absolute atomic E-state index is 0.208. The van der Waals surface area contributed by atoms with E-state index >= 15 is 0 Å². The summed E-state index contributed by atoms with van der Waals surface area (Å²) in [5.41, 5.74) is 0.679. The number of para-hydroxylation sites is 1. The van der Waals surface area contributed by atoms with Crippen molar-refractivity contribution in [2.45, 2.75) is 57.1 Å². The summed E-state index contributed by atoms with van der Waals surface area (Å²) in [5, 5.41) is 3.55. The van der Waals surface area contributed by atoms with Crippen molar-refractivity contribution in [2.75, 3.05) is 0 Å². The molecule has 2 aliphatic heterocycles. The summed E-state index contributed by atoms with van der Waals surface area (Å²) in [4.78, 5) is 0. The number of ether oxygens (including phenoxy) is 2. The van der Waals surface area contributed by atoms with E-state index in [1.54, 1.807) is 18.2 Å². The van der Waals surface area contributed by atoms with Gasteiger partial charge in [0, 0.05) is 17.6 Å². The molecule has 0 aromatic heterocycles. The average molecular weight is 283 g/mol. The summed E-state index contributed by atoms with van der Waals surface area (Å²) >= 11 is 0. The highest BCUT2D eigenvalue weighted by Gasteiger charge is 2.33. The van der Waals surface area contributed by atoms with Gasteiger partial charge in [0.15, 0.2) is 0 Å². The summed E-state index contributed by atoms with van der Waals surface area (Å²) in [6, 6.07) is 7.94. The first kappa shape index (κ1) is 13.8. The molecule has 3 nitrogen and oxygen atoms in total. The lowest BCUT2D eigenvalue weighted by molar-refractivity contribution is -0.0526. The zero-order chi connectivity index (χ0) is 13.9. The van der Waals surface area contributed by atoms with E-state index in [9.17, 15) is 8.78 Å². The summed E-state index contributed by atoms with van der Waals surface area (Å²) in [6.07, 6.45) is 4.67. The van der Waals surface area contributed by atoms with Gasteiger partial charge in [0.05, 0.1) is 12.7 Å². The van der Waals surface area contributed by atoms with E-state index in [2.05, 4.69) is 10.1 Å². The fraction of sp³-hybridized carbons (Fsp3) is 0.600. The summed E-state index contributed by atoms with van der Waals surface area (Å²) in [7, 11) is 0. The quantitative estimate of drug-likeness (QED) is 0.900. The second-order valence-corrected chi connectivity index (χ2v) is 5.53. The first-order valence-electron chi connectivity index (χ1n) is 7.11. The van der Waals surface area contributed by atoms with Gasteiger partial charge < -0.3 is 14.8 Å². The molecule has 110 valence electrons. The van der Waals surface area contributed by atoms with E-state index in [1.165, 1.54) is 12.8 Å². The largest absolute Gasteiger partial charge is 0.434 e. The third-order valence-corrected chi connectivity index (χ3v) is 4.09. The molecule has 1 aromatic carbocycles. The monoisotopic (exact) mass is 283 g/mol. The zero-order valence-electron chi connectivity index (χ0n) is 11.2. The van der Waals surface area contributed by atoms with Gasteiger partial charge >= 0.3 is 6.61 Å². The smallest absolute Gasteiger partial charge is 0.387 e. The minimum atomic E-state index is -2.80. The molecule has 1 aromatic rings. The number of alkyl halides is 2. The molecule has 0 saturated carbocycles. The molecule has 2 fully saturated rings. The fourth-order valence-electron chi connectivity index (χ4n) is 3.18. The lowest BCUT2D eigenvalue weighted by Gasteiger charge is -2.29. The van der Waals surface area contributed by atoms with Crippen LogP contribution in [0.2, 0.25) is 0 Å². The molecule has 2 heterocycles. The number of benzene rings is 1. The fourth-order valence-corrected chi connectivity index (χ4v) is 3.18. The number of fused-ring (bicyclic) bond motifs is 2. The standard InChI is InChI=1S/C15H19F2NO2/c16-15(17)20-14-4-2-1-3-10(14)9-19-13-7-11-5-6-12(8-13)18-11/h1-4,11-13,15,18H,5-9H2/t11-,12+,13?. The topological polar surface area (TPSA) is 30.5 Å². The summed E-state index contributed by atoms with van der Waals surface area (Å²) in [5.74, 6) is 0.208. The number of halogens is 2. The normalized spacial score (nSPS) is 28.9. The van der Waals surface area contributed by atoms with Gasteiger partial charge in [0.2, 0.25) is 0 Å². The molecule has 0 aliphatic carbocycles. The van der Waals surface area contributed by atoms with Crippen molar-refractivity contribution < 1.29 is 18.3 Å². The molecule has 1 N–H and O–H groups in total. The Bertz CT molecular complexity index is 443. The number of hydrogen-bond acceptors (Lipinski definition) is 3. The highest BCUT2D eigenvalue weighted by Crippen LogP contribution is 2.30. The van der Waals surface area contributed by atoms with Gasteiger partial charge in [-0.1, -0.05) is 18.2 Å². The van der Waals surface area contributed by atoms with Crippen LogP contribution in [0.4, 0.5) is 8.78 Å². The van der Waals surface area contributed by atoms with Gasteiger partial charge in [0.1, 0.15) is 5.75 Å². The van der Waals surface area contributed by atoms with Crippen molar-refractivity contribution in [3.05, 3.63) is 29.8 Å². The Kier molecular flexibility index (Phi) is 4.17. The van der Waals surface area contributed by atoms with E-state index in [1.807, 2.05) is 6.07 Å². The molecule has 1 unspecified atom stereocenters. The van der Waals surface area contributed by atoms with Crippen molar-refractivity contribution in [1.29, 1.82) is 0 Å². The Morgan fingerprint density at radius 3 is 2.55 bits per heavy atom. The molecule has 2 saturated heterocycles. The third kappa shape index (κ3) is 3.27. The number of nitrogens with one attached hydrogen (secondary N) is 1. The Labute approximate surface area is 117 Å². The molecule has 2 aliphatic rings. The van der Waals surface area contributed by atoms with E-state index in [-0.39, 0.29) is 11.9 Å². The minimum Gasteiger partial charge on any atom is -0.434 e. The van der Waals surface area contributed by atoms with Gasteiger partial charge in [-0.3, -0.25) is 0 Å². The maximum Gasteiger partial charge on any atom is 0.387 e. The van der Waals surface area contributed by atoms with Gasteiger partial charge in [-0.2, -0.15) is 8.78 Å². The predicted octanol–water partition coefficient (Wildman–Crippen LogP) is 3.09. The average Bonchev–Trinajstić information content (AvgIpc) is 2.76. The van der Waals surface area contributed by atoms with Crippen molar-refractivity contribution in [3.8, 4) is 5.75 Å². The summed E-state index contributed by atoms with van der Waals surface area (Å²) in [6.45, 7) is -2.47.